The van der Waals surface area contributed by atoms with E-state index in [-0.39, 0.29) is 17.0 Å². The van der Waals surface area contributed by atoms with Crippen LogP contribution in [0.3, 0.4) is 0 Å². The van der Waals surface area contributed by atoms with Crippen LogP contribution in [-0.4, -0.2) is 29.9 Å². The number of rotatable bonds is 7. The highest BCUT2D eigenvalue weighted by Crippen LogP contribution is 2.25. The number of nitrogens with one attached hydrogen (secondary N) is 1. The van der Waals surface area contributed by atoms with Gasteiger partial charge in [0.25, 0.3) is 0 Å². The fourth-order valence-corrected chi connectivity index (χ4v) is 4.50. The molecule has 3 aromatic carbocycles. The number of halogens is 3. The summed E-state index contributed by atoms with van der Waals surface area (Å²) in [5, 5.41) is 0. The van der Waals surface area contributed by atoms with Crippen molar-refractivity contribution >= 4 is 32.5 Å². The Bertz CT molecular complexity index is 1510. The monoisotopic (exact) mass is 485 g/mol. The molecule has 1 aromatic heterocycles. The van der Waals surface area contributed by atoms with Crippen molar-refractivity contribution in [3.63, 3.8) is 0 Å². The van der Waals surface area contributed by atoms with Crippen LogP contribution in [0.1, 0.15) is 29.3 Å². The molecule has 174 valence electrons. The number of hydrogen-bond donors (Lipinski definition) is 1. The smallest absolute Gasteiger partial charge is 0.232 e. The minimum absolute atomic E-state index is 0.00456. The predicted molar refractivity (Wildman–Crippen MR) is 122 cm³/mol. The minimum atomic E-state index is -3.78. The van der Waals surface area contributed by atoms with Gasteiger partial charge in [0.1, 0.15) is 5.82 Å². The van der Waals surface area contributed by atoms with Crippen molar-refractivity contribution in [1.29, 1.82) is 0 Å². The van der Waals surface area contributed by atoms with E-state index in [1.807, 2.05) is 0 Å². The normalized spacial score (nSPS) is 11.5. The molecular formula is C24H18F3N3O3S. The molecule has 0 radical (unpaired) electrons. The molecule has 0 spiro atoms. The van der Waals surface area contributed by atoms with Crippen LogP contribution >= 0.6 is 0 Å². The highest BCUT2D eigenvalue weighted by Gasteiger charge is 2.21. The number of nitrogens with zero attached hydrogens (tertiary/aromatic N) is 2. The zero-order chi connectivity index (χ0) is 24.5. The average molecular weight is 485 g/mol. The van der Waals surface area contributed by atoms with Crippen molar-refractivity contribution in [2.24, 2.45) is 0 Å². The van der Waals surface area contributed by atoms with Gasteiger partial charge in [0, 0.05) is 17.2 Å². The molecule has 0 saturated carbocycles. The van der Waals surface area contributed by atoms with Crippen molar-refractivity contribution in [3.8, 4) is 11.3 Å². The quantitative estimate of drug-likeness (QED) is 0.368. The maximum absolute atomic E-state index is 14.5. The predicted octanol–water partition coefficient (Wildman–Crippen LogP) is 5.10. The summed E-state index contributed by atoms with van der Waals surface area (Å²) in [6.07, 6.45) is 1.82. The standard InChI is InChI=1S/C24H18F3N3O3S/c1-2-9-34(32,33)30-17-11-18(23(27)19(26)12-17)24(31)15-5-8-20-21(10-15)29-22(13-28-20)14-3-6-16(25)7-4-14/h3-8,10-13,30H,2,9H2,1H3. The van der Waals surface area contributed by atoms with Gasteiger partial charge in [-0.25, -0.2) is 26.6 Å². The van der Waals surface area contributed by atoms with E-state index in [2.05, 4.69) is 14.7 Å². The highest BCUT2D eigenvalue weighted by molar-refractivity contribution is 7.92. The molecule has 4 aromatic rings. The summed E-state index contributed by atoms with van der Waals surface area (Å²) in [7, 11) is -3.78. The van der Waals surface area contributed by atoms with Gasteiger partial charge in [-0.1, -0.05) is 6.92 Å². The number of fused-ring (bicyclic) bond motifs is 1. The largest absolute Gasteiger partial charge is 0.288 e. The Balaban J connectivity index is 1.72. The maximum Gasteiger partial charge on any atom is 0.232 e. The fraction of sp³-hybridized carbons (Fsp3) is 0.125. The van der Waals surface area contributed by atoms with E-state index in [4.69, 9.17) is 0 Å². The first kappa shape index (κ1) is 23.4. The molecule has 0 aliphatic rings. The number of carbonyl (C=O) groups is 1. The third kappa shape index (κ3) is 4.91. The molecule has 0 amide bonds. The van der Waals surface area contributed by atoms with Crippen LogP contribution in [0.4, 0.5) is 18.9 Å². The molecule has 34 heavy (non-hydrogen) atoms. The number of benzene rings is 3. The van der Waals surface area contributed by atoms with E-state index in [0.717, 1.165) is 6.07 Å². The second-order valence-electron chi connectivity index (χ2n) is 7.54. The van der Waals surface area contributed by atoms with E-state index in [1.165, 1.54) is 48.7 Å². The van der Waals surface area contributed by atoms with Gasteiger partial charge >= 0.3 is 0 Å². The molecule has 0 atom stereocenters. The third-order valence-corrected chi connectivity index (χ3v) is 6.46. The van der Waals surface area contributed by atoms with Crippen LogP contribution < -0.4 is 4.72 Å². The number of anilines is 1. The zero-order valence-corrected chi connectivity index (χ0v) is 18.7. The summed E-state index contributed by atoms with van der Waals surface area (Å²) in [6, 6.07) is 11.5. The number of aromatic nitrogens is 2. The summed E-state index contributed by atoms with van der Waals surface area (Å²) < 4.78 is 68.1. The molecule has 0 aliphatic heterocycles. The third-order valence-electron chi connectivity index (χ3n) is 4.96. The summed E-state index contributed by atoms with van der Waals surface area (Å²) in [6.45, 7) is 1.66. The molecule has 0 aliphatic carbocycles. The van der Waals surface area contributed by atoms with Crippen LogP contribution in [0.5, 0.6) is 0 Å². The van der Waals surface area contributed by atoms with Crippen molar-refractivity contribution < 1.29 is 26.4 Å². The minimum Gasteiger partial charge on any atom is -0.288 e. The zero-order valence-electron chi connectivity index (χ0n) is 17.8. The van der Waals surface area contributed by atoms with Crippen molar-refractivity contribution in [3.05, 3.63) is 89.4 Å². The Kier molecular flexibility index (Phi) is 6.34. The van der Waals surface area contributed by atoms with Gasteiger partial charge < -0.3 is 0 Å². The van der Waals surface area contributed by atoms with Crippen molar-refractivity contribution in [2.45, 2.75) is 13.3 Å². The molecule has 0 unspecified atom stereocenters. The van der Waals surface area contributed by atoms with Gasteiger partial charge in [0.15, 0.2) is 17.4 Å². The van der Waals surface area contributed by atoms with Gasteiger partial charge in [-0.05, 0) is 55.0 Å². The summed E-state index contributed by atoms with van der Waals surface area (Å²) >= 11 is 0. The Hall–Kier alpha value is -3.79. The van der Waals surface area contributed by atoms with Gasteiger partial charge in [0.05, 0.1) is 39.9 Å². The lowest BCUT2D eigenvalue weighted by atomic mass is 10.0. The number of hydrogen-bond acceptors (Lipinski definition) is 5. The molecule has 0 saturated heterocycles. The molecule has 1 heterocycles. The Morgan fingerprint density at radius 3 is 2.41 bits per heavy atom. The van der Waals surface area contributed by atoms with Gasteiger partial charge in [-0.2, -0.15) is 0 Å². The molecule has 4 rings (SSSR count). The second-order valence-corrected chi connectivity index (χ2v) is 9.38. The first-order valence-corrected chi connectivity index (χ1v) is 11.9. The highest BCUT2D eigenvalue weighted by atomic mass is 32.2. The Labute approximate surface area is 193 Å². The van der Waals surface area contributed by atoms with E-state index < -0.39 is 38.8 Å². The van der Waals surface area contributed by atoms with Crippen molar-refractivity contribution in [2.75, 3.05) is 10.5 Å². The lowest BCUT2D eigenvalue weighted by Gasteiger charge is -2.11. The first-order chi connectivity index (χ1) is 16.2. The maximum atomic E-state index is 14.5. The first-order valence-electron chi connectivity index (χ1n) is 10.2. The van der Waals surface area contributed by atoms with Crippen LogP contribution in [0.15, 0.2) is 60.8 Å². The SMILES string of the molecule is CCCS(=O)(=O)Nc1cc(F)c(F)c(C(=O)c2ccc3ncc(-c4ccc(F)cc4)nc3c2)c1. The lowest BCUT2D eigenvalue weighted by molar-refractivity contribution is 0.103. The number of sulfonamides is 1. The van der Waals surface area contributed by atoms with E-state index in [9.17, 15) is 26.4 Å². The summed E-state index contributed by atoms with van der Waals surface area (Å²) in [5.41, 5.74) is 0.925. The molecule has 0 fully saturated rings. The Morgan fingerprint density at radius 1 is 0.971 bits per heavy atom. The topological polar surface area (TPSA) is 89.0 Å². The summed E-state index contributed by atoms with van der Waals surface area (Å²) in [5.74, 6) is -4.23. The molecule has 1 N–H and O–H groups in total. The van der Waals surface area contributed by atoms with Gasteiger partial charge in [-0.3, -0.25) is 14.5 Å². The fourth-order valence-electron chi connectivity index (χ4n) is 3.38. The van der Waals surface area contributed by atoms with E-state index in [1.54, 1.807) is 6.92 Å². The Morgan fingerprint density at radius 2 is 1.71 bits per heavy atom. The van der Waals surface area contributed by atoms with E-state index in [0.29, 0.717) is 34.8 Å². The molecular weight excluding hydrogens is 467 g/mol. The summed E-state index contributed by atoms with van der Waals surface area (Å²) in [4.78, 5) is 21.7. The number of ketones is 1. The molecule has 10 heteroatoms. The number of carbonyl (C=O) groups excluding carboxylic acids is 1. The van der Waals surface area contributed by atoms with E-state index >= 15 is 0 Å². The van der Waals surface area contributed by atoms with Crippen molar-refractivity contribution in [1.82, 2.24) is 9.97 Å². The van der Waals surface area contributed by atoms with Crippen LogP contribution in [0.2, 0.25) is 0 Å². The lowest BCUT2D eigenvalue weighted by Crippen LogP contribution is -2.17. The van der Waals surface area contributed by atoms with Crippen LogP contribution in [0.25, 0.3) is 22.3 Å². The molecule has 6 nitrogen and oxygen atoms in total. The van der Waals surface area contributed by atoms with Gasteiger partial charge in [0.2, 0.25) is 10.0 Å². The second kappa shape index (κ2) is 9.22. The molecule has 0 bridgehead atoms. The van der Waals surface area contributed by atoms with Crippen LogP contribution in [-0.2, 0) is 10.0 Å². The average Bonchev–Trinajstić information content (AvgIpc) is 2.80. The van der Waals surface area contributed by atoms with Crippen LogP contribution in [0, 0.1) is 17.5 Å². The van der Waals surface area contributed by atoms with Gasteiger partial charge in [-0.15, -0.1) is 0 Å².